The van der Waals surface area contributed by atoms with Crippen molar-refractivity contribution in [3.05, 3.63) is 29.3 Å². The summed E-state index contributed by atoms with van der Waals surface area (Å²) in [7, 11) is -3.63. The minimum Gasteiger partial charge on any atom is -0.366 e. The number of rotatable bonds is 4. The van der Waals surface area contributed by atoms with E-state index in [0.29, 0.717) is 18.7 Å². The zero-order valence-electron chi connectivity index (χ0n) is 12.7. The molecule has 1 fully saturated rings. The maximum atomic E-state index is 12.7. The molecule has 124 valence electrons. The fourth-order valence-corrected chi connectivity index (χ4v) is 4.52. The van der Waals surface area contributed by atoms with Crippen LogP contribution >= 0.6 is 12.4 Å². The van der Waals surface area contributed by atoms with Crippen molar-refractivity contribution in [3.8, 4) is 0 Å². The Morgan fingerprint density at radius 2 is 2.05 bits per heavy atom. The first kappa shape index (κ1) is 18.9. The molecular formula is C14H22ClN3O3S. The Kier molecular flexibility index (Phi) is 5.97. The Labute approximate surface area is 137 Å². The summed E-state index contributed by atoms with van der Waals surface area (Å²) in [4.78, 5) is 11.5. The van der Waals surface area contributed by atoms with Crippen molar-refractivity contribution in [1.29, 1.82) is 0 Å². The van der Waals surface area contributed by atoms with Crippen molar-refractivity contribution >= 4 is 28.3 Å². The summed E-state index contributed by atoms with van der Waals surface area (Å²) in [6.07, 6.45) is 0.754. The van der Waals surface area contributed by atoms with Crippen LogP contribution in [0.2, 0.25) is 0 Å². The van der Waals surface area contributed by atoms with Crippen molar-refractivity contribution in [2.45, 2.75) is 31.2 Å². The molecule has 8 heteroatoms. The van der Waals surface area contributed by atoms with Gasteiger partial charge in [0, 0.05) is 18.2 Å². The molecular weight excluding hydrogens is 326 g/mol. The Bertz CT molecular complexity index is 663. The third-order valence-corrected chi connectivity index (χ3v) is 5.99. The summed E-state index contributed by atoms with van der Waals surface area (Å²) >= 11 is 0. The molecule has 1 aromatic rings. The van der Waals surface area contributed by atoms with Gasteiger partial charge in [-0.25, -0.2) is 8.42 Å². The van der Waals surface area contributed by atoms with E-state index < -0.39 is 15.9 Å². The molecule has 1 saturated heterocycles. The second-order valence-corrected chi connectivity index (χ2v) is 7.49. The van der Waals surface area contributed by atoms with Crippen LogP contribution < -0.4 is 11.5 Å². The number of halogens is 1. The second kappa shape index (κ2) is 6.95. The molecule has 2 unspecified atom stereocenters. The molecule has 2 rings (SSSR count). The lowest BCUT2D eigenvalue weighted by molar-refractivity contribution is 0.0999. The fraction of sp³-hybridized carbons (Fsp3) is 0.500. The first-order valence-corrected chi connectivity index (χ1v) is 8.33. The highest BCUT2D eigenvalue weighted by Crippen LogP contribution is 2.29. The molecule has 0 radical (unpaired) electrons. The van der Waals surface area contributed by atoms with Crippen molar-refractivity contribution < 1.29 is 13.2 Å². The van der Waals surface area contributed by atoms with E-state index in [1.807, 2.05) is 6.92 Å². The molecule has 1 aromatic carbocycles. The fourth-order valence-electron chi connectivity index (χ4n) is 2.78. The summed E-state index contributed by atoms with van der Waals surface area (Å²) in [6.45, 7) is 4.48. The van der Waals surface area contributed by atoms with E-state index in [-0.39, 0.29) is 34.8 Å². The molecule has 2 atom stereocenters. The Morgan fingerprint density at radius 1 is 1.41 bits per heavy atom. The standard InChI is InChI=1S/C14H21N3O3S.ClH/c1-9-3-4-12(6-13(9)14(16)18)21(19,20)17-8-11(7-15)5-10(17)2;/h3-4,6,10-11H,5,7-8,15H2,1-2H3,(H2,16,18);1H. The van der Waals surface area contributed by atoms with Gasteiger partial charge in [0.05, 0.1) is 4.90 Å². The predicted molar refractivity (Wildman–Crippen MR) is 87.5 cm³/mol. The molecule has 0 aliphatic carbocycles. The molecule has 0 bridgehead atoms. The number of primary amides is 1. The Balaban J connectivity index is 0.00000242. The van der Waals surface area contributed by atoms with Crippen LogP contribution in [0.25, 0.3) is 0 Å². The highest BCUT2D eigenvalue weighted by atomic mass is 35.5. The number of carbonyl (C=O) groups excluding carboxylic acids is 1. The molecule has 6 nitrogen and oxygen atoms in total. The number of amides is 1. The van der Waals surface area contributed by atoms with Crippen LogP contribution in [-0.2, 0) is 10.0 Å². The third-order valence-electron chi connectivity index (χ3n) is 4.02. The first-order chi connectivity index (χ1) is 9.77. The van der Waals surface area contributed by atoms with E-state index in [4.69, 9.17) is 11.5 Å². The van der Waals surface area contributed by atoms with Crippen LogP contribution in [0.3, 0.4) is 0 Å². The predicted octanol–water partition coefficient (Wildman–Crippen LogP) is 0.874. The highest BCUT2D eigenvalue weighted by molar-refractivity contribution is 7.89. The smallest absolute Gasteiger partial charge is 0.249 e. The molecule has 0 aromatic heterocycles. The van der Waals surface area contributed by atoms with Crippen LogP contribution in [0.5, 0.6) is 0 Å². The van der Waals surface area contributed by atoms with E-state index >= 15 is 0 Å². The average molecular weight is 348 g/mol. The van der Waals surface area contributed by atoms with Gasteiger partial charge in [-0.1, -0.05) is 6.07 Å². The number of carbonyl (C=O) groups is 1. The van der Waals surface area contributed by atoms with Gasteiger partial charge in [-0.15, -0.1) is 12.4 Å². The molecule has 1 aliphatic heterocycles. The lowest BCUT2D eigenvalue weighted by atomic mass is 10.1. The Morgan fingerprint density at radius 3 is 2.55 bits per heavy atom. The van der Waals surface area contributed by atoms with Crippen molar-refractivity contribution in [2.24, 2.45) is 17.4 Å². The Hall–Kier alpha value is -1.15. The summed E-state index contributed by atoms with van der Waals surface area (Å²) < 4.78 is 26.9. The zero-order chi connectivity index (χ0) is 15.8. The topological polar surface area (TPSA) is 106 Å². The third kappa shape index (κ3) is 3.43. The minimum atomic E-state index is -3.63. The summed E-state index contributed by atoms with van der Waals surface area (Å²) in [5.41, 5.74) is 11.8. The van der Waals surface area contributed by atoms with Gasteiger partial charge < -0.3 is 11.5 Å². The van der Waals surface area contributed by atoms with E-state index in [2.05, 4.69) is 0 Å². The maximum absolute atomic E-state index is 12.7. The number of hydrogen-bond acceptors (Lipinski definition) is 4. The number of nitrogens with zero attached hydrogens (tertiary/aromatic N) is 1. The monoisotopic (exact) mass is 347 g/mol. The number of nitrogens with two attached hydrogens (primary N) is 2. The quantitative estimate of drug-likeness (QED) is 0.842. The van der Waals surface area contributed by atoms with E-state index in [1.54, 1.807) is 13.0 Å². The molecule has 1 amide bonds. The van der Waals surface area contributed by atoms with Crippen LogP contribution in [0.15, 0.2) is 23.1 Å². The van der Waals surface area contributed by atoms with Gasteiger partial charge in [0.1, 0.15) is 0 Å². The summed E-state index contributed by atoms with van der Waals surface area (Å²) in [5.74, 6) is -0.449. The number of hydrogen-bond donors (Lipinski definition) is 2. The molecule has 22 heavy (non-hydrogen) atoms. The molecule has 4 N–H and O–H groups in total. The normalized spacial score (nSPS) is 22.3. The van der Waals surface area contributed by atoms with Gasteiger partial charge >= 0.3 is 0 Å². The number of aryl methyl sites for hydroxylation is 1. The number of sulfonamides is 1. The lowest BCUT2D eigenvalue weighted by Crippen LogP contribution is -2.34. The minimum absolute atomic E-state index is 0. The van der Waals surface area contributed by atoms with Crippen molar-refractivity contribution in [2.75, 3.05) is 13.1 Å². The largest absolute Gasteiger partial charge is 0.366 e. The average Bonchev–Trinajstić information content (AvgIpc) is 2.80. The highest BCUT2D eigenvalue weighted by Gasteiger charge is 2.37. The van der Waals surface area contributed by atoms with E-state index in [0.717, 1.165) is 6.42 Å². The van der Waals surface area contributed by atoms with Crippen LogP contribution in [-0.4, -0.2) is 37.8 Å². The van der Waals surface area contributed by atoms with Gasteiger partial charge in [-0.3, -0.25) is 4.79 Å². The second-order valence-electron chi connectivity index (χ2n) is 5.60. The zero-order valence-corrected chi connectivity index (χ0v) is 14.3. The summed E-state index contributed by atoms with van der Waals surface area (Å²) in [6, 6.07) is 4.38. The summed E-state index contributed by atoms with van der Waals surface area (Å²) in [5, 5.41) is 0. The van der Waals surface area contributed by atoms with Gasteiger partial charge in [0.15, 0.2) is 0 Å². The van der Waals surface area contributed by atoms with Gasteiger partial charge in [-0.2, -0.15) is 4.31 Å². The van der Waals surface area contributed by atoms with Crippen molar-refractivity contribution in [3.63, 3.8) is 0 Å². The van der Waals surface area contributed by atoms with Crippen LogP contribution in [0.1, 0.15) is 29.3 Å². The SMILES string of the molecule is Cc1ccc(S(=O)(=O)N2CC(CN)CC2C)cc1C(N)=O.Cl. The van der Waals surface area contributed by atoms with Crippen molar-refractivity contribution in [1.82, 2.24) is 4.31 Å². The van der Waals surface area contributed by atoms with Gasteiger partial charge in [0.2, 0.25) is 15.9 Å². The van der Waals surface area contributed by atoms with E-state index in [1.165, 1.54) is 16.4 Å². The molecule has 1 aliphatic rings. The van der Waals surface area contributed by atoms with Crippen LogP contribution in [0.4, 0.5) is 0 Å². The first-order valence-electron chi connectivity index (χ1n) is 6.89. The van der Waals surface area contributed by atoms with Gasteiger partial charge in [-0.05, 0) is 50.4 Å². The van der Waals surface area contributed by atoms with E-state index in [9.17, 15) is 13.2 Å². The molecule has 0 saturated carbocycles. The molecule has 0 spiro atoms. The van der Waals surface area contributed by atoms with Crippen LogP contribution in [0, 0.1) is 12.8 Å². The maximum Gasteiger partial charge on any atom is 0.249 e. The van der Waals surface area contributed by atoms with Gasteiger partial charge in [0.25, 0.3) is 0 Å². The number of benzene rings is 1. The lowest BCUT2D eigenvalue weighted by Gasteiger charge is -2.21. The molecule has 1 heterocycles.